The second-order valence-electron chi connectivity index (χ2n) is 4.65. The van der Waals surface area contributed by atoms with Crippen LogP contribution in [0.3, 0.4) is 0 Å². The summed E-state index contributed by atoms with van der Waals surface area (Å²) in [6, 6.07) is 3.28. The van der Waals surface area contributed by atoms with Gasteiger partial charge in [-0.05, 0) is 40.9 Å². The molecule has 0 spiro atoms. The van der Waals surface area contributed by atoms with E-state index in [0.717, 1.165) is 25.7 Å². The minimum absolute atomic E-state index is 0.123. The first-order valence-corrected chi connectivity index (χ1v) is 7.32. The van der Waals surface area contributed by atoms with E-state index in [0.29, 0.717) is 21.5 Å². The third kappa shape index (κ3) is 3.43. The van der Waals surface area contributed by atoms with Gasteiger partial charge in [0.05, 0.1) is 20.3 Å². The van der Waals surface area contributed by atoms with Gasteiger partial charge in [0.2, 0.25) is 0 Å². The van der Waals surface area contributed by atoms with Crippen molar-refractivity contribution in [3.8, 4) is 11.5 Å². The highest BCUT2D eigenvalue weighted by atomic mass is 79.9. The van der Waals surface area contributed by atoms with Crippen LogP contribution in [-0.2, 0) is 4.84 Å². The molecule has 0 bridgehead atoms. The summed E-state index contributed by atoms with van der Waals surface area (Å²) in [7, 11) is 3.08. The molecule has 0 saturated heterocycles. The average Bonchev–Trinajstić information content (AvgIpc) is 2.98. The van der Waals surface area contributed by atoms with Crippen LogP contribution < -0.4 is 15.0 Å². The highest BCUT2D eigenvalue weighted by Gasteiger charge is 2.19. The first kappa shape index (κ1) is 15.1. The van der Waals surface area contributed by atoms with E-state index in [2.05, 4.69) is 21.4 Å². The maximum Gasteiger partial charge on any atom is 0.275 e. The molecular weight excluding hydrogens is 326 g/mol. The fourth-order valence-corrected chi connectivity index (χ4v) is 2.76. The van der Waals surface area contributed by atoms with E-state index >= 15 is 0 Å². The smallest absolute Gasteiger partial charge is 0.275 e. The number of halogens is 1. The molecule has 5 nitrogen and oxygen atoms in total. The molecule has 1 fully saturated rings. The van der Waals surface area contributed by atoms with E-state index in [1.165, 1.54) is 14.2 Å². The van der Waals surface area contributed by atoms with Gasteiger partial charge in [0.25, 0.3) is 5.91 Å². The summed E-state index contributed by atoms with van der Waals surface area (Å²) in [4.78, 5) is 17.5. The Morgan fingerprint density at radius 3 is 2.25 bits per heavy atom. The molecule has 0 radical (unpaired) electrons. The molecule has 0 heterocycles. The zero-order valence-electron chi connectivity index (χ0n) is 11.6. The Bertz CT molecular complexity index is 461. The lowest BCUT2D eigenvalue weighted by atomic mass is 10.2. The van der Waals surface area contributed by atoms with Crippen molar-refractivity contribution in [2.45, 2.75) is 31.8 Å². The molecule has 1 amide bonds. The number of methoxy groups -OCH3 is 2. The molecule has 110 valence electrons. The predicted molar refractivity (Wildman–Crippen MR) is 78.1 cm³/mol. The minimum atomic E-state index is -0.305. The number of benzene rings is 1. The molecule has 0 unspecified atom stereocenters. The highest BCUT2D eigenvalue weighted by molar-refractivity contribution is 9.10. The van der Waals surface area contributed by atoms with E-state index in [1.54, 1.807) is 12.1 Å². The number of ether oxygens (including phenoxy) is 2. The van der Waals surface area contributed by atoms with Crippen molar-refractivity contribution in [1.82, 2.24) is 5.48 Å². The van der Waals surface area contributed by atoms with Gasteiger partial charge in [-0.1, -0.05) is 12.8 Å². The Balaban J connectivity index is 2.08. The molecule has 20 heavy (non-hydrogen) atoms. The Labute approximate surface area is 126 Å². The van der Waals surface area contributed by atoms with Crippen molar-refractivity contribution in [1.29, 1.82) is 0 Å². The van der Waals surface area contributed by atoms with E-state index in [9.17, 15) is 4.79 Å². The largest absolute Gasteiger partial charge is 0.495 e. The molecule has 0 atom stereocenters. The number of carbonyl (C=O) groups excluding carboxylic acids is 1. The van der Waals surface area contributed by atoms with Crippen molar-refractivity contribution in [2.24, 2.45) is 0 Å². The Morgan fingerprint density at radius 1 is 1.20 bits per heavy atom. The van der Waals surface area contributed by atoms with Gasteiger partial charge in [-0.3, -0.25) is 9.63 Å². The normalized spacial score (nSPS) is 15.2. The summed E-state index contributed by atoms with van der Waals surface area (Å²) in [5.74, 6) is 0.770. The van der Waals surface area contributed by atoms with Gasteiger partial charge in [-0.15, -0.1) is 0 Å². The number of nitrogens with one attached hydrogen (secondary N) is 1. The molecule has 1 aromatic carbocycles. The van der Waals surface area contributed by atoms with Crippen LogP contribution in [0.2, 0.25) is 0 Å². The fraction of sp³-hybridized carbons (Fsp3) is 0.500. The number of amides is 1. The van der Waals surface area contributed by atoms with Crippen LogP contribution in [-0.4, -0.2) is 26.2 Å². The second-order valence-corrected chi connectivity index (χ2v) is 5.44. The van der Waals surface area contributed by atoms with E-state index in [-0.39, 0.29) is 12.0 Å². The molecule has 1 saturated carbocycles. The number of hydrogen-bond acceptors (Lipinski definition) is 4. The monoisotopic (exact) mass is 343 g/mol. The summed E-state index contributed by atoms with van der Waals surface area (Å²) in [5.41, 5.74) is 2.93. The van der Waals surface area contributed by atoms with Crippen molar-refractivity contribution >= 4 is 21.8 Å². The highest BCUT2D eigenvalue weighted by Crippen LogP contribution is 2.35. The quantitative estimate of drug-likeness (QED) is 0.834. The zero-order chi connectivity index (χ0) is 14.5. The van der Waals surface area contributed by atoms with Gasteiger partial charge >= 0.3 is 0 Å². The third-order valence-corrected chi connectivity index (χ3v) is 4.11. The molecule has 1 N–H and O–H groups in total. The summed E-state index contributed by atoms with van der Waals surface area (Å²) < 4.78 is 11.1. The Hall–Kier alpha value is -1.27. The van der Waals surface area contributed by atoms with Crippen molar-refractivity contribution in [2.75, 3.05) is 14.2 Å². The number of rotatable bonds is 5. The SMILES string of the molecule is COc1cc(C(=O)NOC2CCCC2)cc(OC)c1Br. The average molecular weight is 344 g/mol. The molecule has 1 aliphatic carbocycles. The maximum absolute atomic E-state index is 12.1. The third-order valence-electron chi connectivity index (χ3n) is 3.33. The minimum Gasteiger partial charge on any atom is -0.495 e. The Kier molecular flexibility index (Phi) is 5.25. The predicted octanol–water partition coefficient (Wildman–Crippen LogP) is 3.07. The van der Waals surface area contributed by atoms with Gasteiger partial charge in [0.15, 0.2) is 0 Å². The molecule has 2 rings (SSSR count). The zero-order valence-corrected chi connectivity index (χ0v) is 13.2. The second kappa shape index (κ2) is 6.95. The first-order chi connectivity index (χ1) is 9.65. The molecular formula is C14H18BrNO4. The van der Waals surface area contributed by atoms with Crippen LogP contribution in [0.25, 0.3) is 0 Å². The topological polar surface area (TPSA) is 56.8 Å². The number of hydroxylamine groups is 1. The Morgan fingerprint density at radius 2 is 1.75 bits per heavy atom. The van der Waals surface area contributed by atoms with Gasteiger partial charge in [0.1, 0.15) is 16.0 Å². The molecule has 0 aromatic heterocycles. The number of carbonyl (C=O) groups is 1. The van der Waals surface area contributed by atoms with Crippen molar-refractivity contribution < 1.29 is 19.1 Å². The van der Waals surface area contributed by atoms with Crippen LogP contribution in [0, 0.1) is 0 Å². The van der Waals surface area contributed by atoms with Crippen LogP contribution >= 0.6 is 15.9 Å². The van der Waals surface area contributed by atoms with Crippen molar-refractivity contribution in [3.63, 3.8) is 0 Å². The van der Waals surface area contributed by atoms with Crippen LogP contribution in [0.5, 0.6) is 11.5 Å². The van der Waals surface area contributed by atoms with Crippen LogP contribution in [0.4, 0.5) is 0 Å². The number of hydrogen-bond donors (Lipinski definition) is 1. The van der Waals surface area contributed by atoms with Gasteiger partial charge in [-0.2, -0.15) is 0 Å². The summed E-state index contributed by atoms with van der Waals surface area (Å²) in [5, 5.41) is 0. The molecule has 1 aromatic rings. The van der Waals surface area contributed by atoms with E-state index in [4.69, 9.17) is 14.3 Å². The lowest BCUT2D eigenvalue weighted by Gasteiger charge is -2.13. The van der Waals surface area contributed by atoms with Crippen LogP contribution in [0.15, 0.2) is 16.6 Å². The standard InChI is InChI=1S/C14H18BrNO4/c1-18-11-7-9(8-12(19-2)13(11)15)14(17)16-20-10-5-3-4-6-10/h7-8,10H,3-6H2,1-2H3,(H,16,17). The molecule has 0 aliphatic heterocycles. The summed E-state index contributed by atoms with van der Waals surface area (Å²) in [6.45, 7) is 0. The van der Waals surface area contributed by atoms with Gasteiger partial charge in [0, 0.05) is 5.56 Å². The maximum atomic E-state index is 12.1. The lowest BCUT2D eigenvalue weighted by Crippen LogP contribution is -2.28. The van der Waals surface area contributed by atoms with E-state index in [1.807, 2.05) is 0 Å². The van der Waals surface area contributed by atoms with Gasteiger partial charge < -0.3 is 9.47 Å². The first-order valence-electron chi connectivity index (χ1n) is 6.53. The van der Waals surface area contributed by atoms with Gasteiger partial charge in [-0.25, -0.2) is 5.48 Å². The summed E-state index contributed by atoms with van der Waals surface area (Å²) in [6.07, 6.45) is 4.42. The lowest BCUT2D eigenvalue weighted by molar-refractivity contribution is -0.0125. The summed E-state index contributed by atoms with van der Waals surface area (Å²) >= 11 is 3.36. The molecule has 1 aliphatic rings. The van der Waals surface area contributed by atoms with Crippen molar-refractivity contribution in [3.05, 3.63) is 22.2 Å². The fourth-order valence-electron chi connectivity index (χ4n) is 2.20. The van der Waals surface area contributed by atoms with E-state index < -0.39 is 0 Å². The van der Waals surface area contributed by atoms with Crippen LogP contribution in [0.1, 0.15) is 36.0 Å². The molecule has 6 heteroatoms.